The third-order valence-electron chi connectivity index (χ3n) is 3.28. The van der Waals surface area contributed by atoms with E-state index >= 15 is 0 Å². The Hall–Kier alpha value is -1.61. The lowest BCUT2D eigenvalue weighted by Gasteiger charge is -2.20. The number of esters is 1. The average molecular weight is 486 g/mol. The minimum absolute atomic E-state index is 0.00459. The van der Waals surface area contributed by atoms with Crippen LogP contribution in [-0.4, -0.2) is 48.5 Å². The fourth-order valence-electron chi connectivity index (χ4n) is 1.56. The second kappa shape index (κ2) is 14.4. The van der Waals surface area contributed by atoms with Crippen molar-refractivity contribution in [1.82, 2.24) is 4.90 Å². The minimum atomic E-state index is -4.41. The lowest BCUT2D eigenvalue weighted by molar-refractivity contribution is -0.146. The standard InChI is InChI=1S/C13H13BrF3NO3.C5H12O.C2H6/c1-21-12(20)8-18(11(19)6-14)7-9-2-4-10(5-3-9)13(15,16)17;1-5(2,3)6-4;1-2/h2-5H,6-8H2,1H3;1-4H3;1-2H3. The first-order valence-electron chi connectivity index (χ1n) is 8.96. The van der Waals surface area contributed by atoms with E-state index in [-0.39, 0.29) is 29.9 Å². The Bertz CT molecular complexity index is 599. The number of amides is 1. The van der Waals surface area contributed by atoms with Crippen molar-refractivity contribution in [3.63, 3.8) is 0 Å². The summed E-state index contributed by atoms with van der Waals surface area (Å²) in [4.78, 5) is 24.1. The first-order chi connectivity index (χ1) is 13.3. The highest BCUT2D eigenvalue weighted by molar-refractivity contribution is 9.09. The summed E-state index contributed by atoms with van der Waals surface area (Å²) >= 11 is 2.99. The molecule has 0 fully saturated rings. The summed E-state index contributed by atoms with van der Waals surface area (Å²) in [6.45, 7) is 9.83. The van der Waals surface area contributed by atoms with Gasteiger partial charge in [-0.05, 0) is 38.5 Å². The van der Waals surface area contributed by atoms with Crippen LogP contribution in [0.3, 0.4) is 0 Å². The number of carbonyl (C=O) groups is 2. The van der Waals surface area contributed by atoms with Crippen molar-refractivity contribution in [3.8, 4) is 0 Å². The Labute approximate surface area is 179 Å². The van der Waals surface area contributed by atoms with Crippen molar-refractivity contribution < 1.29 is 32.2 Å². The number of hydrogen-bond donors (Lipinski definition) is 0. The van der Waals surface area contributed by atoms with Gasteiger partial charge in [-0.25, -0.2) is 0 Å². The summed E-state index contributed by atoms with van der Waals surface area (Å²) in [7, 11) is 2.90. The molecular weight excluding hydrogens is 455 g/mol. The third-order valence-corrected chi connectivity index (χ3v) is 3.76. The van der Waals surface area contributed by atoms with E-state index in [1.165, 1.54) is 24.1 Å². The van der Waals surface area contributed by atoms with Crippen LogP contribution in [0.25, 0.3) is 0 Å². The quantitative estimate of drug-likeness (QED) is 0.432. The van der Waals surface area contributed by atoms with Crippen LogP contribution < -0.4 is 0 Å². The third kappa shape index (κ3) is 14.1. The Balaban J connectivity index is 0. The molecule has 0 aliphatic carbocycles. The van der Waals surface area contributed by atoms with Gasteiger partial charge in [0, 0.05) is 13.7 Å². The van der Waals surface area contributed by atoms with Crippen LogP contribution in [0.2, 0.25) is 0 Å². The topological polar surface area (TPSA) is 55.8 Å². The maximum atomic E-state index is 12.5. The summed E-state index contributed by atoms with van der Waals surface area (Å²) in [5.41, 5.74) is -0.237. The fraction of sp³-hybridized carbons (Fsp3) is 0.600. The largest absolute Gasteiger partial charge is 0.468 e. The van der Waals surface area contributed by atoms with E-state index in [1.807, 2.05) is 34.6 Å². The Kier molecular flexibility index (Phi) is 14.7. The van der Waals surface area contributed by atoms with E-state index < -0.39 is 17.7 Å². The Morgan fingerprint density at radius 1 is 1.03 bits per heavy atom. The fourth-order valence-corrected chi connectivity index (χ4v) is 1.91. The molecule has 0 N–H and O–H groups in total. The highest BCUT2D eigenvalue weighted by atomic mass is 79.9. The second-order valence-electron chi connectivity index (χ2n) is 6.47. The van der Waals surface area contributed by atoms with Crippen LogP contribution in [-0.2, 0) is 31.8 Å². The van der Waals surface area contributed by atoms with Crippen molar-refractivity contribution in [2.75, 3.05) is 26.1 Å². The van der Waals surface area contributed by atoms with Gasteiger partial charge in [0.15, 0.2) is 0 Å². The highest BCUT2D eigenvalue weighted by Crippen LogP contribution is 2.29. The molecule has 1 aromatic carbocycles. The predicted molar refractivity (Wildman–Crippen MR) is 111 cm³/mol. The van der Waals surface area contributed by atoms with Gasteiger partial charge in [-0.1, -0.05) is 41.9 Å². The molecular formula is C20H31BrF3NO4. The zero-order chi connectivity index (χ0) is 23.3. The second-order valence-corrected chi connectivity index (χ2v) is 7.03. The minimum Gasteiger partial charge on any atom is -0.468 e. The summed E-state index contributed by atoms with van der Waals surface area (Å²) in [6, 6.07) is 4.41. The molecule has 0 bridgehead atoms. The molecule has 29 heavy (non-hydrogen) atoms. The van der Waals surface area contributed by atoms with Gasteiger partial charge in [0.2, 0.25) is 5.91 Å². The molecule has 0 aromatic heterocycles. The molecule has 1 rings (SSSR count). The molecule has 168 valence electrons. The van der Waals surface area contributed by atoms with Gasteiger partial charge in [0.25, 0.3) is 0 Å². The van der Waals surface area contributed by atoms with Crippen LogP contribution in [0.5, 0.6) is 0 Å². The van der Waals surface area contributed by atoms with Crippen molar-refractivity contribution in [1.29, 1.82) is 0 Å². The van der Waals surface area contributed by atoms with Gasteiger partial charge in [0.1, 0.15) is 6.54 Å². The monoisotopic (exact) mass is 485 g/mol. The molecule has 0 heterocycles. The number of benzene rings is 1. The van der Waals surface area contributed by atoms with Crippen LogP contribution in [0.4, 0.5) is 13.2 Å². The zero-order valence-corrected chi connectivity index (χ0v) is 19.6. The average Bonchev–Trinajstić information content (AvgIpc) is 2.67. The Morgan fingerprint density at radius 3 is 1.79 bits per heavy atom. The van der Waals surface area contributed by atoms with Crippen LogP contribution >= 0.6 is 15.9 Å². The van der Waals surface area contributed by atoms with E-state index in [2.05, 4.69) is 20.7 Å². The molecule has 1 amide bonds. The van der Waals surface area contributed by atoms with E-state index in [9.17, 15) is 22.8 Å². The van der Waals surface area contributed by atoms with Crippen LogP contribution in [0.15, 0.2) is 24.3 Å². The van der Waals surface area contributed by atoms with E-state index in [0.29, 0.717) is 5.56 Å². The molecule has 0 atom stereocenters. The van der Waals surface area contributed by atoms with Gasteiger partial charge < -0.3 is 14.4 Å². The van der Waals surface area contributed by atoms with E-state index in [1.54, 1.807) is 7.11 Å². The molecule has 0 unspecified atom stereocenters. The zero-order valence-electron chi connectivity index (χ0n) is 18.0. The van der Waals surface area contributed by atoms with Gasteiger partial charge in [-0.3, -0.25) is 9.59 Å². The molecule has 0 saturated heterocycles. The van der Waals surface area contributed by atoms with Crippen molar-refractivity contribution in [2.24, 2.45) is 0 Å². The molecule has 0 aliphatic heterocycles. The number of carbonyl (C=O) groups excluding carboxylic acids is 2. The van der Waals surface area contributed by atoms with E-state index in [4.69, 9.17) is 4.74 Å². The van der Waals surface area contributed by atoms with E-state index in [0.717, 1.165) is 12.1 Å². The van der Waals surface area contributed by atoms with Gasteiger partial charge >= 0.3 is 12.1 Å². The predicted octanol–water partition coefficient (Wildman–Crippen LogP) is 5.06. The Morgan fingerprint density at radius 2 is 1.48 bits per heavy atom. The molecule has 0 radical (unpaired) electrons. The normalized spacial score (nSPS) is 10.7. The molecule has 0 aliphatic rings. The van der Waals surface area contributed by atoms with Gasteiger partial charge in [0.05, 0.1) is 23.6 Å². The van der Waals surface area contributed by atoms with Crippen molar-refractivity contribution >= 4 is 27.8 Å². The molecule has 0 saturated carbocycles. The number of methoxy groups -OCH3 is 2. The maximum Gasteiger partial charge on any atom is 0.416 e. The summed E-state index contributed by atoms with van der Waals surface area (Å²) in [5.74, 6) is -0.962. The smallest absolute Gasteiger partial charge is 0.416 e. The van der Waals surface area contributed by atoms with Crippen molar-refractivity contribution in [3.05, 3.63) is 35.4 Å². The van der Waals surface area contributed by atoms with Crippen LogP contribution in [0.1, 0.15) is 45.7 Å². The first-order valence-corrected chi connectivity index (χ1v) is 10.1. The van der Waals surface area contributed by atoms with Gasteiger partial charge in [-0.15, -0.1) is 0 Å². The molecule has 0 spiro atoms. The number of halogens is 4. The lowest BCUT2D eigenvalue weighted by Crippen LogP contribution is -2.36. The summed E-state index contributed by atoms with van der Waals surface area (Å²) < 4.78 is 46.8. The SMILES string of the molecule is CC.COC(=O)CN(Cc1ccc(C(F)(F)F)cc1)C(=O)CBr.COC(C)(C)C. The lowest BCUT2D eigenvalue weighted by atomic mass is 10.1. The summed E-state index contributed by atoms with van der Waals surface area (Å²) in [6.07, 6.45) is -4.41. The number of alkyl halides is 4. The number of nitrogens with zero attached hydrogens (tertiary/aromatic N) is 1. The maximum absolute atomic E-state index is 12.5. The summed E-state index contributed by atoms with van der Waals surface area (Å²) in [5, 5.41) is 0.00459. The highest BCUT2D eigenvalue weighted by Gasteiger charge is 2.30. The molecule has 5 nitrogen and oxygen atoms in total. The van der Waals surface area contributed by atoms with Crippen LogP contribution in [0, 0.1) is 0 Å². The van der Waals surface area contributed by atoms with Gasteiger partial charge in [-0.2, -0.15) is 13.2 Å². The molecule has 9 heteroatoms. The number of hydrogen-bond acceptors (Lipinski definition) is 4. The van der Waals surface area contributed by atoms with Crippen molar-refractivity contribution in [2.45, 2.75) is 52.9 Å². The number of rotatable bonds is 5. The first kappa shape index (κ1) is 29.6. The molecule has 1 aromatic rings. The number of ether oxygens (including phenoxy) is 2.